The maximum atomic E-state index is 11.5. The van der Waals surface area contributed by atoms with Gasteiger partial charge in [0.2, 0.25) is 0 Å². The van der Waals surface area contributed by atoms with Crippen molar-refractivity contribution >= 4 is 5.78 Å². The Kier molecular flexibility index (Phi) is 3.73. The van der Waals surface area contributed by atoms with E-state index in [0.29, 0.717) is 18.8 Å². The highest BCUT2D eigenvalue weighted by Gasteiger charge is 2.30. The third-order valence-electron chi connectivity index (χ3n) is 2.54. The lowest BCUT2D eigenvalue weighted by atomic mass is 9.88. The van der Waals surface area contributed by atoms with Crippen molar-refractivity contribution in [2.45, 2.75) is 45.6 Å². The summed E-state index contributed by atoms with van der Waals surface area (Å²) in [6.07, 6.45) is 3.87. The highest BCUT2D eigenvalue weighted by atomic mass is 16.5. The van der Waals surface area contributed by atoms with E-state index in [4.69, 9.17) is 4.74 Å². The Labute approximate surface area is 74.3 Å². The molecule has 1 saturated heterocycles. The number of ether oxygens (including phenoxy) is 1. The van der Waals surface area contributed by atoms with Gasteiger partial charge < -0.3 is 4.74 Å². The molecule has 12 heavy (non-hydrogen) atoms. The van der Waals surface area contributed by atoms with E-state index < -0.39 is 0 Å². The van der Waals surface area contributed by atoms with Crippen LogP contribution in [0, 0.1) is 5.92 Å². The first-order chi connectivity index (χ1) is 5.79. The van der Waals surface area contributed by atoms with Crippen molar-refractivity contribution in [2.24, 2.45) is 5.92 Å². The molecule has 1 rings (SSSR count). The number of rotatable bonds is 3. The summed E-state index contributed by atoms with van der Waals surface area (Å²) < 4.78 is 5.54. The van der Waals surface area contributed by atoms with Crippen molar-refractivity contribution in [3.63, 3.8) is 0 Å². The molecular formula is C10H18O2. The van der Waals surface area contributed by atoms with Gasteiger partial charge in [-0.1, -0.05) is 20.3 Å². The molecule has 2 heteroatoms. The van der Waals surface area contributed by atoms with Gasteiger partial charge in [0.1, 0.15) is 5.78 Å². The Hall–Kier alpha value is -0.370. The van der Waals surface area contributed by atoms with Crippen LogP contribution in [0.1, 0.15) is 39.5 Å². The van der Waals surface area contributed by atoms with Crippen LogP contribution in [0.4, 0.5) is 0 Å². The van der Waals surface area contributed by atoms with Gasteiger partial charge in [0, 0.05) is 12.3 Å². The van der Waals surface area contributed by atoms with E-state index in [9.17, 15) is 4.79 Å². The predicted molar refractivity (Wildman–Crippen MR) is 48.1 cm³/mol. The Morgan fingerprint density at radius 3 is 2.83 bits per heavy atom. The molecule has 0 spiro atoms. The summed E-state index contributed by atoms with van der Waals surface area (Å²) in [5.41, 5.74) is 0. The number of hydrogen-bond acceptors (Lipinski definition) is 2. The topological polar surface area (TPSA) is 26.3 Å². The van der Waals surface area contributed by atoms with Crippen LogP contribution in [0.2, 0.25) is 0 Å². The van der Waals surface area contributed by atoms with Crippen molar-refractivity contribution in [3.05, 3.63) is 0 Å². The lowest BCUT2D eigenvalue weighted by Crippen LogP contribution is -2.36. The van der Waals surface area contributed by atoms with Gasteiger partial charge in [0.25, 0.3) is 0 Å². The lowest BCUT2D eigenvalue weighted by Gasteiger charge is -2.29. The van der Waals surface area contributed by atoms with E-state index in [1.165, 1.54) is 0 Å². The van der Waals surface area contributed by atoms with Crippen LogP contribution < -0.4 is 0 Å². The fourth-order valence-corrected chi connectivity index (χ4v) is 1.88. The summed E-state index contributed by atoms with van der Waals surface area (Å²) in [4.78, 5) is 11.5. The molecule has 0 radical (unpaired) electrons. The second kappa shape index (κ2) is 4.61. The second-order valence-electron chi connectivity index (χ2n) is 3.43. The number of carbonyl (C=O) groups excluding carboxylic acids is 1. The van der Waals surface area contributed by atoms with Gasteiger partial charge in [-0.15, -0.1) is 0 Å². The summed E-state index contributed by atoms with van der Waals surface area (Å²) in [5.74, 6) is 0.601. The van der Waals surface area contributed by atoms with Gasteiger partial charge in [0.15, 0.2) is 0 Å². The molecule has 0 amide bonds. The van der Waals surface area contributed by atoms with Crippen LogP contribution in [0.5, 0.6) is 0 Å². The van der Waals surface area contributed by atoms with Crippen LogP contribution in [0.3, 0.4) is 0 Å². The largest absolute Gasteiger partial charge is 0.377 e. The zero-order valence-electron chi connectivity index (χ0n) is 8.01. The van der Waals surface area contributed by atoms with Crippen molar-refractivity contribution < 1.29 is 9.53 Å². The van der Waals surface area contributed by atoms with E-state index in [2.05, 4.69) is 13.8 Å². The van der Waals surface area contributed by atoms with Crippen LogP contribution in [0.15, 0.2) is 0 Å². The van der Waals surface area contributed by atoms with Gasteiger partial charge in [-0.05, 0) is 12.8 Å². The van der Waals surface area contributed by atoms with Crippen LogP contribution >= 0.6 is 0 Å². The predicted octanol–water partition coefficient (Wildman–Crippen LogP) is 2.17. The standard InChI is InChI=1S/C10H18O2/c1-3-5-8-9(11)6-7-12-10(8)4-2/h8,10H,3-7H2,1-2H3. The molecule has 0 N–H and O–H groups in total. The van der Waals surface area contributed by atoms with Crippen LogP contribution in [-0.2, 0) is 9.53 Å². The molecule has 0 aromatic carbocycles. The number of hydrogen-bond donors (Lipinski definition) is 0. The van der Waals surface area contributed by atoms with Gasteiger partial charge >= 0.3 is 0 Å². The Balaban J connectivity index is 2.53. The fraction of sp³-hybridized carbons (Fsp3) is 0.900. The smallest absolute Gasteiger partial charge is 0.140 e. The molecular weight excluding hydrogens is 152 g/mol. The first-order valence-corrected chi connectivity index (χ1v) is 4.93. The summed E-state index contributed by atoms with van der Waals surface area (Å²) >= 11 is 0. The minimum absolute atomic E-state index is 0.189. The quantitative estimate of drug-likeness (QED) is 0.649. The number of carbonyl (C=O) groups is 1. The van der Waals surface area contributed by atoms with Gasteiger partial charge in [-0.3, -0.25) is 4.79 Å². The van der Waals surface area contributed by atoms with E-state index in [-0.39, 0.29) is 12.0 Å². The van der Waals surface area contributed by atoms with Crippen LogP contribution in [-0.4, -0.2) is 18.5 Å². The summed E-state index contributed by atoms with van der Waals surface area (Å²) in [5, 5.41) is 0. The summed E-state index contributed by atoms with van der Waals surface area (Å²) in [6.45, 7) is 4.85. The van der Waals surface area contributed by atoms with E-state index in [1.807, 2.05) is 0 Å². The molecule has 2 nitrogen and oxygen atoms in total. The molecule has 1 fully saturated rings. The molecule has 0 aromatic rings. The van der Waals surface area contributed by atoms with Crippen molar-refractivity contribution in [1.29, 1.82) is 0 Å². The van der Waals surface area contributed by atoms with Crippen LogP contribution in [0.25, 0.3) is 0 Å². The Morgan fingerprint density at radius 2 is 2.25 bits per heavy atom. The molecule has 0 aliphatic carbocycles. The van der Waals surface area contributed by atoms with E-state index >= 15 is 0 Å². The minimum atomic E-state index is 0.189. The molecule has 1 aliphatic heterocycles. The number of Topliss-reactive ketones (excluding diaryl/α,β-unsaturated/α-hetero) is 1. The number of ketones is 1. The van der Waals surface area contributed by atoms with Gasteiger partial charge in [-0.25, -0.2) is 0 Å². The highest BCUT2D eigenvalue weighted by Crippen LogP contribution is 2.24. The Bertz CT molecular complexity index is 154. The average molecular weight is 170 g/mol. The monoisotopic (exact) mass is 170 g/mol. The zero-order valence-corrected chi connectivity index (χ0v) is 8.01. The minimum Gasteiger partial charge on any atom is -0.377 e. The van der Waals surface area contributed by atoms with Gasteiger partial charge in [-0.2, -0.15) is 0 Å². The van der Waals surface area contributed by atoms with Crippen molar-refractivity contribution in [2.75, 3.05) is 6.61 Å². The second-order valence-corrected chi connectivity index (χ2v) is 3.43. The van der Waals surface area contributed by atoms with Gasteiger partial charge in [0.05, 0.1) is 12.7 Å². The molecule has 0 aromatic heterocycles. The maximum absolute atomic E-state index is 11.5. The maximum Gasteiger partial charge on any atom is 0.140 e. The first-order valence-electron chi connectivity index (χ1n) is 4.93. The zero-order chi connectivity index (χ0) is 8.97. The molecule has 70 valence electrons. The molecule has 2 atom stereocenters. The first kappa shape index (κ1) is 9.72. The average Bonchev–Trinajstić information content (AvgIpc) is 2.09. The molecule has 0 bridgehead atoms. The summed E-state index contributed by atoms with van der Waals surface area (Å²) in [6, 6.07) is 0. The molecule has 0 saturated carbocycles. The van der Waals surface area contributed by atoms with Crippen molar-refractivity contribution in [1.82, 2.24) is 0 Å². The molecule has 1 heterocycles. The normalized spacial score (nSPS) is 30.7. The fourth-order valence-electron chi connectivity index (χ4n) is 1.88. The van der Waals surface area contributed by atoms with Crippen molar-refractivity contribution in [3.8, 4) is 0 Å². The third kappa shape index (κ3) is 2.07. The summed E-state index contributed by atoms with van der Waals surface area (Å²) in [7, 11) is 0. The van der Waals surface area contributed by atoms with E-state index in [1.54, 1.807) is 0 Å². The molecule has 1 aliphatic rings. The Morgan fingerprint density at radius 1 is 1.50 bits per heavy atom. The third-order valence-corrected chi connectivity index (χ3v) is 2.54. The van der Waals surface area contributed by atoms with E-state index in [0.717, 1.165) is 19.3 Å². The molecule has 2 unspecified atom stereocenters. The lowest BCUT2D eigenvalue weighted by molar-refractivity contribution is -0.137. The highest BCUT2D eigenvalue weighted by molar-refractivity contribution is 5.82. The SMILES string of the molecule is CCCC1C(=O)CCOC1CC.